The van der Waals surface area contributed by atoms with Gasteiger partial charge >= 0.3 is 5.97 Å². The number of hydrogen-bond donors (Lipinski definition) is 1. The van der Waals surface area contributed by atoms with Crippen molar-refractivity contribution in [3.63, 3.8) is 0 Å². The number of carbonyl (C=O) groups is 1. The number of tetrazole rings is 1. The summed E-state index contributed by atoms with van der Waals surface area (Å²) in [6.07, 6.45) is 4.05. The number of rotatable bonds is 6. The maximum atomic E-state index is 12.3. The SMILES string of the molecule is COC(=O)c1ccccc1-n1nnnc1C1(NCc2ccccc2)CCC(C)CC1. The van der Waals surface area contributed by atoms with Crippen LogP contribution in [0.1, 0.15) is 54.4 Å². The van der Waals surface area contributed by atoms with Crippen molar-refractivity contribution in [3.8, 4) is 5.69 Å². The van der Waals surface area contributed by atoms with Gasteiger partial charge in [-0.25, -0.2) is 4.79 Å². The van der Waals surface area contributed by atoms with Crippen molar-refractivity contribution in [2.24, 2.45) is 5.92 Å². The fourth-order valence-corrected chi connectivity index (χ4v) is 4.19. The lowest BCUT2D eigenvalue weighted by atomic mass is 9.76. The molecule has 1 aliphatic rings. The zero-order valence-corrected chi connectivity index (χ0v) is 17.4. The van der Waals surface area contributed by atoms with Gasteiger partial charge in [-0.2, -0.15) is 4.68 Å². The highest BCUT2D eigenvalue weighted by Crippen LogP contribution is 2.39. The summed E-state index contributed by atoms with van der Waals surface area (Å²) in [6, 6.07) is 17.6. The van der Waals surface area contributed by atoms with E-state index in [-0.39, 0.29) is 5.54 Å². The van der Waals surface area contributed by atoms with Gasteiger partial charge in [-0.05, 0) is 59.7 Å². The van der Waals surface area contributed by atoms with Crippen LogP contribution in [0, 0.1) is 5.92 Å². The summed E-state index contributed by atoms with van der Waals surface area (Å²) in [5, 5.41) is 16.5. The number of hydrogen-bond acceptors (Lipinski definition) is 6. The van der Waals surface area contributed by atoms with Crippen LogP contribution in [0.4, 0.5) is 0 Å². The van der Waals surface area contributed by atoms with Crippen LogP contribution in [0.5, 0.6) is 0 Å². The maximum absolute atomic E-state index is 12.3. The number of nitrogens with zero attached hydrogens (tertiary/aromatic N) is 4. The first-order valence-corrected chi connectivity index (χ1v) is 10.4. The number of esters is 1. The molecule has 0 amide bonds. The van der Waals surface area contributed by atoms with E-state index < -0.39 is 5.97 Å². The van der Waals surface area contributed by atoms with Crippen LogP contribution >= 0.6 is 0 Å². The van der Waals surface area contributed by atoms with E-state index in [4.69, 9.17) is 4.74 Å². The van der Waals surface area contributed by atoms with Gasteiger partial charge in [-0.15, -0.1) is 5.10 Å². The second kappa shape index (κ2) is 8.75. The summed E-state index contributed by atoms with van der Waals surface area (Å²) in [6.45, 7) is 3.01. The molecule has 0 radical (unpaired) electrons. The number of benzene rings is 2. The van der Waals surface area contributed by atoms with Gasteiger partial charge in [0.15, 0.2) is 5.82 Å². The van der Waals surface area contributed by atoms with E-state index in [1.54, 1.807) is 10.7 Å². The molecule has 7 nitrogen and oxygen atoms in total. The molecule has 3 aromatic rings. The van der Waals surface area contributed by atoms with Crippen LogP contribution in [-0.2, 0) is 16.8 Å². The molecular weight excluding hydrogens is 378 g/mol. The van der Waals surface area contributed by atoms with Crippen molar-refractivity contribution >= 4 is 5.97 Å². The van der Waals surface area contributed by atoms with Gasteiger partial charge in [0.1, 0.15) is 0 Å². The third-order valence-electron chi connectivity index (χ3n) is 6.04. The predicted molar refractivity (Wildman–Crippen MR) is 113 cm³/mol. The Hall–Kier alpha value is -3.06. The van der Waals surface area contributed by atoms with Gasteiger partial charge in [0.25, 0.3) is 0 Å². The molecule has 30 heavy (non-hydrogen) atoms. The van der Waals surface area contributed by atoms with E-state index in [1.807, 2.05) is 36.4 Å². The summed E-state index contributed by atoms with van der Waals surface area (Å²) < 4.78 is 6.66. The molecule has 156 valence electrons. The first-order valence-electron chi connectivity index (χ1n) is 10.4. The Labute approximate surface area is 176 Å². The first-order chi connectivity index (χ1) is 14.6. The lowest BCUT2D eigenvalue weighted by Gasteiger charge is -2.39. The van der Waals surface area contributed by atoms with Crippen molar-refractivity contribution in [1.29, 1.82) is 0 Å². The summed E-state index contributed by atoms with van der Waals surface area (Å²) in [4.78, 5) is 12.3. The molecule has 1 aliphatic carbocycles. The maximum Gasteiger partial charge on any atom is 0.340 e. The van der Waals surface area contributed by atoms with Crippen molar-refractivity contribution in [1.82, 2.24) is 25.5 Å². The smallest absolute Gasteiger partial charge is 0.340 e. The molecule has 1 heterocycles. The molecule has 7 heteroatoms. The summed E-state index contributed by atoms with van der Waals surface area (Å²) >= 11 is 0. The van der Waals surface area contributed by atoms with Crippen LogP contribution in [0.3, 0.4) is 0 Å². The number of aromatic nitrogens is 4. The standard InChI is InChI=1S/C23H27N5O2/c1-17-12-14-23(15-13-17,24-16-18-8-4-3-5-9-18)22-25-26-27-28(22)20-11-7-6-10-19(20)21(29)30-2/h3-11,17,24H,12-16H2,1-2H3. The van der Waals surface area contributed by atoms with Crippen LogP contribution in [-0.4, -0.2) is 33.3 Å². The van der Waals surface area contributed by atoms with Crippen molar-refractivity contribution in [3.05, 3.63) is 71.5 Å². The Balaban J connectivity index is 1.73. The topological polar surface area (TPSA) is 81.9 Å². The van der Waals surface area contributed by atoms with E-state index in [0.29, 0.717) is 17.2 Å². The molecule has 4 rings (SSSR count). The fraction of sp³-hybridized carbons (Fsp3) is 0.391. The molecule has 1 saturated carbocycles. The Morgan fingerprint density at radius 3 is 2.57 bits per heavy atom. The van der Waals surface area contributed by atoms with Gasteiger partial charge in [0.2, 0.25) is 0 Å². The van der Waals surface area contributed by atoms with Crippen LogP contribution in [0.2, 0.25) is 0 Å². The highest BCUT2D eigenvalue weighted by Gasteiger charge is 2.40. The summed E-state index contributed by atoms with van der Waals surface area (Å²) in [5.74, 6) is 1.00. The Bertz CT molecular complexity index is 994. The van der Waals surface area contributed by atoms with Crippen LogP contribution < -0.4 is 5.32 Å². The van der Waals surface area contributed by atoms with Gasteiger partial charge in [-0.1, -0.05) is 49.4 Å². The highest BCUT2D eigenvalue weighted by molar-refractivity contribution is 5.93. The minimum absolute atomic E-state index is 0.366. The van der Waals surface area contributed by atoms with Gasteiger partial charge in [0, 0.05) is 6.54 Å². The average molecular weight is 406 g/mol. The fourth-order valence-electron chi connectivity index (χ4n) is 4.19. The highest BCUT2D eigenvalue weighted by atomic mass is 16.5. The van der Waals surface area contributed by atoms with Crippen molar-refractivity contribution in [2.45, 2.75) is 44.7 Å². The molecule has 1 aromatic heterocycles. The van der Waals surface area contributed by atoms with Gasteiger partial charge in [-0.3, -0.25) is 0 Å². The third kappa shape index (κ3) is 3.98. The minimum atomic E-state index is -0.407. The molecule has 0 spiro atoms. The molecule has 0 aliphatic heterocycles. The van der Waals surface area contributed by atoms with Crippen LogP contribution in [0.15, 0.2) is 54.6 Å². The van der Waals surface area contributed by atoms with E-state index in [0.717, 1.165) is 38.1 Å². The lowest BCUT2D eigenvalue weighted by Crippen LogP contribution is -2.46. The second-order valence-electron chi connectivity index (χ2n) is 8.03. The summed E-state index contributed by atoms with van der Waals surface area (Å²) in [7, 11) is 1.38. The molecule has 2 aromatic carbocycles. The van der Waals surface area contributed by atoms with Gasteiger partial charge in [0.05, 0.1) is 23.9 Å². The van der Waals surface area contributed by atoms with Gasteiger partial charge < -0.3 is 10.1 Å². The van der Waals surface area contributed by atoms with E-state index in [9.17, 15) is 4.79 Å². The first kappa shape index (κ1) is 20.2. The van der Waals surface area contributed by atoms with E-state index in [2.05, 4.69) is 39.9 Å². The van der Waals surface area contributed by atoms with E-state index >= 15 is 0 Å². The van der Waals surface area contributed by atoms with E-state index in [1.165, 1.54) is 12.7 Å². The number of nitrogens with one attached hydrogen (secondary N) is 1. The average Bonchev–Trinajstić information content (AvgIpc) is 3.30. The summed E-state index contributed by atoms with van der Waals surface area (Å²) in [5.41, 5.74) is 1.92. The molecule has 0 saturated heterocycles. The molecule has 0 bridgehead atoms. The zero-order valence-electron chi connectivity index (χ0n) is 17.4. The molecule has 1 fully saturated rings. The largest absolute Gasteiger partial charge is 0.465 e. The predicted octanol–water partition coefficient (Wildman–Crippen LogP) is 3.64. The number of carbonyl (C=O) groups excluding carboxylic acids is 1. The molecule has 0 atom stereocenters. The molecule has 1 N–H and O–H groups in total. The number of methoxy groups -OCH3 is 1. The molecular formula is C23H27N5O2. The third-order valence-corrected chi connectivity index (χ3v) is 6.04. The normalized spacial score (nSPS) is 21.3. The number of ether oxygens (including phenoxy) is 1. The Morgan fingerprint density at radius 1 is 1.13 bits per heavy atom. The van der Waals surface area contributed by atoms with Crippen molar-refractivity contribution < 1.29 is 9.53 Å². The lowest BCUT2D eigenvalue weighted by molar-refractivity contribution is 0.0600. The molecule has 0 unspecified atom stereocenters. The quantitative estimate of drug-likeness (QED) is 0.631. The van der Waals surface area contributed by atoms with Crippen LogP contribution in [0.25, 0.3) is 5.69 Å². The second-order valence-corrected chi connectivity index (χ2v) is 8.03. The minimum Gasteiger partial charge on any atom is -0.465 e. The Kier molecular flexibility index (Phi) is 5.90. The zero-order chi connectivity index (χ0) is 21.0. The van der Waals surface area contributed by atoms with Crippen molar-refractivity contribution in [2.75, 3.05) is 7.11 Å². The number of para-hydroxylation sites is 1. The monoisotopic (exact) mass is 405 g/mol. The Morgan fingerprint density at radius 2 is 1.83 bits per heavy atom.